The summed E-state index contributed by atoms with van der Waals surface area (Å²) in [5.74, 6) is 0.889. The highest BCUT2D eigenvalue weighted by atomic mass is 32.1. The molecule has 7 heteroatoms. The third kappa shape index (κ3) is 6.05. The molecule has 2 amide bonds. The Kier molecular flexibility index (Phi) is 7.66. The molecule has 1 aliphatic heterocycles. The number of carbonyl (C=O) groups is 2. The van der Waals surface area contributed by atoms with Gasteiger partial charge < -0.3 is 15.4 Å². The summed E-state index contributed by atoms with van der Waals surface area (Å²) in [6.07, 6.45) is 2.37. The second-order valence-electron chi connectivity index (χ2n) is 7.47. The Morgan fingerprint density at radius 3 is 2.69 bits per heavy atom. The first-order chi connectivity index (χ1) is 14.1. The molecule has 0 spiro atoms. The monoisotopic (exact) mass is 415 g/mol. The molecule has 29 heavy (non-hydrogen) atoms. The molecule has 1 fully saturated rings. The maximum Gasteiger partial charge on any atom is 0.251 e. The van der Waals surface area contributed by atoms with Crippen molar-refractivity contribution >= 4 is 23.2 Å². The lowest BCUT2D eigenvalue weighted by molar-refractivity contribution is -0.120. The van der Waals surface area contributed by atoms with Gasteiger partial charge in [0.05, 0.1) is 19.7 Å². The van der Waals surface area contributed by atoms with Gasteiger partial charge in [-0.3, -0.25) is 14.5 Å². The fraction of sp³-hybridized carbons (Fsp3) is 0.455. The molecule has 156 valence electrons. The van der Waals surface area contributed by atoms with Crippen molar-refractivity contribution in [1.29, 1.82) is 0 Å². The molecule has 0 radical (unpaired) electrons. The molecular weight excluding hydrogens is 386 g/mol. The van der Waals surface area contributed by atoms with Crippen LogP contribution in [0.2, 0.25) is 0 Å². The van der Waals surface area contributed by atoms with Crippen LogP contribution in [-0.2, 0) is 4.79 Å². The molecule has 1 aromatic carbocycles. The first kappa shape index (κ1) is 21.3. The normalized spacial score (nSPS) is 16.2. The first-order valence-corrected chi connectivity index (χ1v) is 10.9. The topological polar surface area (TPSA) is 70.7 Å². The van der Waals surface area contributed by atoms with Crippen LogP contribution in [-0.4, -0.2) is 50.0 Å². The van der Waals surface area contributed by atoms with Crippen molar-refractivity contribution in [3.05, 3.63) is 52.2 Å². The lowest BCUT2D eigenvalue weighted by atomic mass is 9.97. The Morgan fingerprint density at radius 1 is 1.21 bits per heavy atom. The number of carbonyl (C=O) groups excluding carboxylic acids is 2. The van der Waals surface area contributed by atoms with Crippen LogP contribution in [0.25, 0.3) is 0 Å². The maximum atomic E-state index is 12.3. The molecule has 1 unspecified atom stereocenters. The fourth-order valence-corrected chi connectivity index (χ4v) is 4.39. The van der Waals surface area contributed by atoms with Crippen LogP contribution in [0.5, 0.6) is 5.75 Å². The van der Waals surface area contributed by atoms with E-state index in [1.807, 2.05) is 0 Å². The number of thiophene rings is 1. The number of likely N-dealkylation sites (tertiary alicyclic amines) is 1. The van der Waals surface area contributed by atoms with Crippen molar-refractivity contribution in [2.24, 2.45) is 5.92 Å². The molecule has 1 aliphatic rings. The number of hydrogen-bond acceptors (Lipinski definition) is 5. The largest absolute Gasteiger partial charge is 0.497 e. The van der Waals surface area contributed by atoms with Crippen LogP contribution in [0.1, 0.15) is 41.0 Å². The van der Waals surface area contributed by atoms with Crippen molar-refractivity contribution in [2.75, 3.05) is 33.3 Å². The number of hydrogen-bond donors (Lipinski definition) is 2. The Labute approximate surface area is 176 Å². The van der Waals surface area contributed by atoms with Gasteiger partial charge in [-0.15, -0.1) is 11.3 Å². The highest BCUT2D eigenvalue weighted by Gasteiger charge is 2.25. The predicted molar refractivity (Wildman–Crippen MR) is 115 cm³/mol. The van der Waals surface area contributed by atoms with E-state index in [0.717, 1.165) is 19.0 Å². The molecule has 2 N–H and O–H groups in total. The standard InChI is InChI=1S/C22H29N3O3S/c1-16-8-10-25(11-9-16)19(20-7-4-12-29-20)14-23-21(26)15-24-22(27)17-5-3-6-18(13-17)28-2/h3-7,12-13,16,19H,8-11,14-15H2,1-2H3,(H,23,26)(H,24,27). The van der Waals surface area contributed by atoms with E-state index >= 15 is 0 Å². The van der Waals surface area contributed by atoms with E-state index in [1.54, 1.807) is 42.7 Å². The van der Waals surface area contributed by atoms with Gasteiger partial charge in [0.15, 0.2) is 0 Å². The van der Waals surface area contributed by atoms with Gasteiger partial charge in [-0.25, -0.2) is 0 Å². The number of amides is 2. The highest BCUT2D eigenvalue weighted by molar-refractivity contribution is 7.10. The molecule has 1 aromatic heterocycles. The van der Waals surface area contributed by atoms with Gasteiger partial charge in [-0.05, 0) is 61.5 Å². The molecule has 2 heterocycles. The Morgan fingerprint density at radius 2 is 2.00 bits per heavy atom. The minimum Gasteiger partial charge on any atom is -0.497 e. The molecule has 6 nitrogen and oxygen atoms in total. The summed E-state index contributed by atoms with van der Waals surface area (Å²) in [5.41, 5.74) is 0.469. The Balaban J connectivity index is 1.51. The van der Waals surface area contributed by atoms with Gasteiger partial charge in [-0.1, -0.05) is 19.1 Å². The van der Waals surface area contributed by atoms with Crippen LogP contribution >= 0.6 is 11.3 Å². The van der Waals surface area contributed by atoms with Crippen LogP contribution in [0.3, 0.4) is 0 Å². The van der Waals surface area contributed by atoms with Crippen molar-refractivity contribution in [2.45, 2.75) is 25.8 Å². The second-order valence-corrected chi connectivity index (χ2v) is 8.45. The number of methoxy groups -OCH3 is 1. The van der Waals surface area contributed by atoms with Crippen molar-refractivity contribution < 1.29 is 14.3 Å². The summed E-state index contributed by atoms with van der Waals surface area (Å²) >= 11 is 1.72. The van der Waals surface area contributed by atoms with Crippen molar-refractivity contribution in [3.8, 4) is 5.75 Å². The number of rotatable bonds is 8. The van der Waals surface area contributed by atoms with Crippen molar-refractivity contribution in [1.82, 2.24) is 15.5 Å². The smallest absolute Gasteiger partial charge is 0.251 e. The number of benzene rings is 1. The summed E-state index contributed by atoms with van der Waals surface area (Å²) in [7, 11) is 1.55. The van der Waals surface area contributed by atoms with E-state index < -0.39 is 0 Å². The quantitative estimate of drug-likeness (QED) is 0.695. The van der Waals surface area contributed by atoms with E-state index in [0.29, 0.717) is 17.9 Å². The molecule has 0 aliphatic carbocycles. The van der Waals surface area contributed by atoms with E-state index in [1.165, 1.54) is 17.7 Å². The number of piperidine rings is 1. The van der Waals surface area contributed by atoms with Crippen LogP contribution in [0.4, 0.5) is 0 Å². The number of nitrogens with one attached hydrogen (secondary N) is 2. The van der Waals surface area contributed by atoms with Gasteiger partial charge in [-0.2, -0.15) is 0 Å². The molecule has 1 atom stereocenters. The minimum atomic E-state index is -0.293. The van der Waals surface area contributed by atoms with E-state index in [-0.39, 0.29) is 24.4 Å². The van der Waals surface area contributed by atoms with Crippen LogP contribution in [0.15, 0.2) is 41.8 Å². The van der Waals surface area contributed by atoms with Gasteiger partial charge >= 0.3 is 0 Å². The summed E-state index contributed by atoms with van der Waals surface area (Å²) in [5, 5.41) is 7.75. The minimum absolute atomic E-state index is 0.0514. The summed E-state index contributed by atoms with van der Waals surface area (Å²) in [6.45, 7) is 4.88. The van der Waals surface area contributed by atoms with E-state index in [4.69, 9.17) is 4.74 Å². The zero-order chi connectivity index (χ0) is 20.6. The second kappa shape index (κ2) is 10.4. The summed E-state index contributed by atoms with van der Waals surface area (Å²) in [4.78, 5) is 28.3. The summed E-state index contributed by atoms with van der Waals surface area (Å²) < 4.78 is 5.13. The van der Waals surface area contributed by atoms with Gasteiger partial charge in [0, 0.05) is 17.0 Å². The third-order valence-corrected chi connectivity index (χ3v) is 6.34. The number of nitrogens with zero attached hydrogens (tertiary/aromatic N) is 1. The van der Waals surface area contributed by atoms with Gasteiger partial charge in [0.25, 0.3) is 5.91 Å². The lowest BCUT2D eigenvalue weighted by Crippen LogP contribution is -2.44. The summed E-state index contributed by atoms with van der Waals surface area (Å²) in [6, 6.07) is 11.2. The van der Waals surface area contributed by atoms with E-state index in [9.17, 15) is 9.59 Å². The zero-order valence-corrected chi connectivity index (χ0v) is 17.8. The van der Waals surface area contributed by atoms with Gasteiger partial charge in [0.1, 0.15) is 5.75 Å². The molecule has 2 aromatic rings. The lowest BCUT2D eigenvalue weighted by Gasteiger charge is -2.36. The molecule has 0 saturated carbocycles. The fourth-order valence-electron chi connectivity index (χ4n) is 3.53. The van der Waals surface area contributed by atoms with Crippen molar-refractivity contribution in [3.63, 3.8) is 0 Å². The highest BCUT2D eigenvalue weighted by Crippen LogP contribution is 2.29. The SMILES string of the molecule is COc1cccc(C(=O)NCC(=O)NCC(c2cccs2)N2CCC(C)CC2)c1. The van der Waals surface area contributed by atoms with Crippen LogP contribution in [0, 0.1) is 5.92 Å². The molecular formula is C22H29N3O3S. The molecule has 1 saturated heterocycles. The Hall–Kier alpha value is -2.38. The first-order valence-electron chi connectivity index (χ1n) is 10.0. The zero-order valence-electron chi connectivity index (χ0n) is 17.0. The predicted octanol–water partition coefficient (Wildman–Crippen LogP) is 3.08. The third-order valence-electron chi connectivity index (χ3n) is 5.36. The van der Waals surface area contributed by atoms with Crippen LogP contribution < -0.4 is 15.4 Å². The maximum absolute atomic E-state index is 12.3. The van der Waals surface area contributed by atoms with E-state index in [2.05, 4.69) is 40.0 Å². The molecule has 3 rings (SSSR count). The molecule has 0 bridgehead atoms. The average molecular weight is 416 g/mol. The number of ether oxygens (including phenoxy) is 1. The van der Waals surface area contributed by atoms with Gasteiger partial charge in [0.2, 0.25) is 5.91 Å². The average Bonchev–Trinajstić information content (AvgIpc) is 3.28. The Bertz CT molecular complexity index is 801.